The summed E-state index contributed by atoms with van der Waals surface area (Å²) >= 11 is 3.22. The summed E-state index contributed by atoms with van der Waals surface area (Å²) in [5, 5.41) is 0. The van der Waals surface area contributed by atoms with Gasteiger partial charge in [0.1, 0.15) is 5.82 Å². The maximum Gasteiger partial charge on any atom is 0.262 e. The lowest BCUT2D eigenvalue weighted by atomic mass is 10.2. The summed E-state index contributed by atoms with van der Waals surface area (Å²) in [6, 6.07) is 7.14. The van der Waals surface area contributed by atoms with Gasteiger partial charge in [0, 0.05) is 15.8 Å². The van der Waals surface area contributed by atoms with Crippen molar-refractivity contribution in [3.05, 3.63) is 51.7 Å². The lowest BCUT2D eigenvalue weighted by molar-refractivity contribution is 0.600. The molecule has 0 aliphatic rings. The summed E-state index contributed by atoms with van der Waals surface area (Å²) < 4.78 is 41.1. The Morgan fingerprint density at radius 2 is 1.86 bits per heavy atom. The highest BCUT2D eigenvalue weighted by molar-refractivity contribution is 9.10. The number of halogens is 2. The molecule has 2 rings (SSSR count). The van der Waals surface area contributed by atoms with E-state index in [0.717, 1.165) is 0 Å². The highest BCUT2D eigenvalue weighted by Gasteiger charge is 2.19. The molecular weight excluding hydrogens is 359 g/mol. The van der Waals surface area contributed by atoms with Crippen molar-refractivity contribution in [1.82, 2.24) is 0 Å². The lowest BCUT2D eigenvalue weighted by Crippen LogP contribution is -2.15. The number of nitrogen functional groups attached to an aromatic ring is 1. The van der Waals surface area contributed by atoms with Crippen LogP contribution in [-0.2, 0) is 10.0 Å². The average Bonchev–Trinajstić information content (AvgIpc) is 2.37. The fourth-order valence-corrected chi connectivity index (χ4v) is 3.85. The van der Waals surface area contributed by atoms with Gasteiger partial charge >= 0.3 is 0 Å². The molecule has 0 atom stereocenters. The predicted octanol–water partition coefficient (Wildman–Crippen LogP) is 3.59. The first-order valence-electron chi connectivity index (χ1n) is 6.05. The van der Waals surface area contributed by atoms with Crippen LogP contribution in [0.2, 0.25) is 0 Å². The van der Waals surface area contributed by atoms with Crippen LogP contribution >= 0.6 is 15.9 Å². The van der Waals surface area contributed by atoms with Crippen LogP contribution in [-0.4, -0.2) is 8.42 Å². The van der Waals surface area contributed by atoms with Crippen molar-refractivity contribution in [2.24, 2.45) is 0 Å². The number of anilines is 2. The van der Waals surface area contributed by atoms with Gasteiger partial charge in [-0.1, -0.05) is 15.9 Å². The molecule has 0 aliphatic heterocycles. The molecule has 0 aromatic heterocycles. The summed E-state index contributed by atoms with van der Waals surface area (Å²) in [6.07, 6.45) is 0. The molecule has 0 fully saturated rings. The van der Waals surface area contributed by atoms with Crippen LogP contribution in [0.4, 0.5) is 15.8 Å². The van der Waals surface area contributed by atoms with Gasteiger partial charge in [0.25, 0.3) is 10.0 Å². The van der Waals surface area contributed by atoms with Crippen molar-refractivity contribution in [2.45, 2.75) is 18.7 Å². The predicted molar refractivity (Wildman–Crippen MR) is 85.2 cm³/mol. The van der Waals surface area contributed by atoms with Crippen LogP contribution in [0.5, 0.6) is 0 Å². The Bertz CT molecular complexity index is 807. The number of rotatable bonds is 3. The van der Waals surface area contributed by atoms with E-state index in [9.17, 15) is 12.8 Å². The van der Waals surface area contributed by atoms with Gasteiger partial charge in [0.05, 0.1) is 4.90 Å². The van der Waals surface area contributed by atoms with E-state index >= 15 is 0 Å². The number of benzene rings is 2. The smallest absolute Gasteiger partial charge is 0.262 e. The zero-order valence-electron chi connectivity index (χ0n) is 11.4. The maximum absolute atomic E-state index is 13.2. The van der Waals surface area contributed by atoms with E-state index in [0.29, 0.717) is 27.0 Å². The first-order valence-corrected chi connectivity index (χ1v) is 8.33. The molecule has 0 bridgehead atoms. The van der Waals surface area contributed by atoms with E-state index in [1.165, 1.54) is 24.3 Å². The number of nitrogens with one attached hydrogen (secondary N) is 1. The number of hydrogen-bond donors (Lipinski definition) is 2. The third-order valence-electron chi connectivity index (χ3n) is 3.06. The maximum atomic E-state index is 13.2. The Morgan fingerprint density at radius 3 is 2.48 bits per heavy atom. The van der Waals surface area contributed by atoms with Crippen molar-refractivity contribution >= 4 is 37.3 Å². The van der Waals surface area contributed by atoms with E-state index in [-0.39, 0.29) is 10.7 Å². The zero-order valence-corrected chi connectivity index (χ0v) is 13.8. The molecule has 3 N–H and O–H groups in total. The molecule has 7 heteroatoms. The average molecular weight is 373 g/mol. The molecule has 21 heavy (non-hydrogen) atoms. The lowest BCUT2D eigenvalue weighted by Gasteiger charge is -2.13. The number of sulfonamides is 1. The number of nitrogens with two attached hydrogens (primary N) is 1. The van der Waals surface area contributed by atoms with Gasteiger partial charge in [-0.3, -0.25) is 4.72 Å². The van der Waals surface area contributed by atoms with E-state index in [1.807, 2.05) is 0 Å². The molecular formula is C14H14BrFN2O2S. The fraction of sp³-hybridized carbons (Fsp3) is 0.143. The normalized spacial score (nSPS) is 11.4. The van der Waals surface area contributed by atoms with Crippen molar-refractivity contribution in [3.63, 3.8) is 0 Å². The summed E-state index contributed by atoms with van der Waals surface area (Å²) in [7, 11) is -3.80. The van der Waals surface area contributed by atoms with Crippen molar-refractivity contribution in [1.29, 1.82) is 0 Å². The van der Waals surface area contributed by atoms with Gasteiger partial charge < -0.3 is 5.73 Å². The van der Waals surface area contributed by atoms with E-state index < -0.39 is 10.0 Å². The molecule has 0 spiro atoms. The minimum absolute atomic E-state index is 0.0800. The topological polar surface area (TPSA) is 72.2 Å². The third kappa shape index (κ3) is 3.36. The quantitative estimate of drug-likeness (QED) is 0.808. The minimum Gasteiger partial charge on any atom is -0.398 e. The fourth-order valence-electron chi connectivity index (χ4n) is 1.87. The van der Waals surface area contributed by atoms with Crippen molar-refractivity contribution in [3.8, 4) is 0 Å². The van der Waals surface area contributed by atoms with E-state index in [1.54, 1.807) is 19.9 Å². The summed E-state index contributed by atoms with van der Waals surface area (Å²) in [5.74, 6) is -0.388. The second-order valence-corrected chi connectivity index (χ2v) is 7.25. The van der Waals surface area contributed by atoms with Gasteiger partial charge in [-0.2, -0.15) is 0 Å². The number of hydrogen-bond acceptors (Lipinski definition) is 3. The number of aryl methyl sites for hydroxylation is 1. The van der Waals surface area contributed by atoms with Crippen LogP contribution in [0.15, 0.2) is 39.7 Å². The summed E-state index contributed by atoms with van der Waals surface area (Å²) in [5.41, 5.74) is 7.28. The third-order valence-corrected chi connectivity index (χ3v) is 5.03. The highest BCUT2D eigenvalue weighted by Crippen LogP contribution is 2.28. The second kappa shape index (κ2) is 5.65. The van der Waals surface area contributed by atoms with Gasteiger partial charge in [0.15, 0.2) is 0 Å². The molecule has 0 heterocycles. The largest absolute Gasteiger partial charge is 0.398 e. The standard InChI is InChI=1S/C14H14BrFN2O2S/c1-8-5-11(3-4-12(8)16)18-21(19,20)14-7-10(15)6-13(17)9(14)2/h3-7,18H,17H2,1-2H3. The van der Waals surface area contributed by atoms with Crippen molar-refractivity contribution in [2.75, 3.05) is 10.5 Å². The van der Waals surface area contributed by atoms with Crippen molar-refractivity contribution < 1.29 is 12.8 Å². The van der Waals surface area contributed by atoms with Gasteiger partial charge in [-0.25, -0.2) is 12.8 Å². The molecule has 112 valence electrons. The first kappa shape index (κ1) is 15.8. The minimum atomic E-state index is -3.80. The van der Waals surface area contributed by atoms with E-state index in [4.69, 9.17) is 5.73 Å². The van der Waals surface area contributed by atoms with Crippen LogP contribution in [0.25, 0.3) is 0 Å². The molecule has 2 aromatic rings. The molecule has 0 aliphatic carbocycles. The molecule has 0 amide bonds. The van der Waals surface area contributed by atoms with Gasteiger partial charge in [-0.15, -0.1) is 0 Å². The molecule has 0 radical (unpaired) electrons. The Morgan fingerprint density at radius 1 is 1.19 bits per heavy atom. The molecule has 0 unspecified atom stereocenters. The van der Waals surface area contributed by atoms with Gasteiger partial charge in [0.2, 0.25) is 0 Å². The van der Waals surface area contributed by atoms with Gasteiger partial charge in [-0.05, 0) is 55.3 Å². The van der Waals surface area contributed by atoms with Crippen LogP contribution in [0.3, 0.4) is 0 Å². The Hall–Kier alpha value is -1.60. The zero-order chi connectivity index (χ0) is 15.8. The highest BCUT2D eigenvalue weighted by atomic mass is 79.9. The second-order valence-electron chi connectivity index (χ2n) is 4.69. The van der Waals surface area contributed by atoms with Crippen LogP contribution in [0, 0.1) is 19.7 Å². The Labute approximate surface area is 131 Å². The molecule has 0 saturated heterocycles. The molecule has 4 nitrogen and oxygen atoms in total. The van der Waals surface area contributed by atoms with E-state index in [2.05, 4.69) is 20.7 Å². The summed E-state index contributed by atoms with van der Waals surface area (Å²) in [4.78, 5) is 0.0800. The SMILES string of the molecule is Cc1cc(NS(=O)(=O)c2cc(Br)cc(N)c2C)ccc1F. The molecule has 2 aromatic carbocycles. The Kier molecular flexibility index (Phi) is 4.25. The van der Waals surface area contributed by atoms with Crippen LogP contribution in [0.1, 0.15) is 11.1 Å². The summed E-state index contributed by atoms with van der Waals surface area (Å²) in [6.45, 7) is 3.20. The Balaban J connectivity index is 2.45. The van der Waals surface area contributed by atoms with Crippen LogP contribution < -0.4 is 10.5 Å². The first-order chi connectivity index (χ1) is 9.70. The molecule has 0 saturated carbocycles. The monoisotopic (exact) mass is 372 g/mol.